The van der Waals surface area contributed by atoms with Gasteiger partial charge in [0.15, 0.2) is 0 Å². The van der Waals surface area contributed by atoms with Crippen molar-refractivity contribution in [3.05, 3.63) is 60.2 Å². The fourth-order valence-corrected chi connectivity index (χ4v) is 4.29. The molecule has 33 heavy (non-hydrogen) atoms. The number of amides is 2. The van der Waals surface area contributed by atoms with E-state index in [4.69, 9.17) is 4.74 Å². The van der Waals surface area contributed by atoms with Crippen molar-refractivity contribution in [2.75, 3.05) is 24.2 Å². The van der Waals surface area contributed by atoms with Gasteiger partial charge in [0.05, 0.1) is 19.1 Å². The minimum Gasteiger partial charge on any atom is -0.497 e. The summed E-state index contributed by atoms with van der Waals surface area (Å²) >= 11 is 0. The van der Waals surface area contributed by atoms with E-state index in [0.29, 0.717) is 17.9 Å². The molecule has 0 aromatic heterocycles. The van der Waals surface area contributed by atoms with Gasteiger partial charge in [0.25, 0.3) is 0 Å². The predicted molar refractivity (Wildman–Crippen MR) is 130 cm³/mol. The van der Waals surface area contributed by atoms with E-state index < -0.39 is 28.5 Å². The van der Waals surface area contributed by atoms with Crippen LogP contribution in [0.2, 0.25) is 0 Å². The standard InChI is InChI=1S/C24H33N3O5S/c1-6-22(24(29)25-18(2)3)26(16-19-10-8-7-9-11-19)23(28)17-27(33(5,30)31)20-12-14-21(32-4)15-13-20/h7-15,18,22H,6,16-17H2,1-5H3,(H,25,29)/t22-/m0/s1. The quantitative estimate of drug-likeness (QED) is 0.539. The highest BCUT2D eigenvalue weighted by atomic mass is 32.2. The number of ether oxygens (including phenoxy) is 1. The lowest BCUT2D eigenvalue weighted by atomic mass is 10.1. The van der Waals surface area contributed by atoms with Crippen molar-refractivity contribution in [3.8, 4) is 5.75 Å². The first-order valence-electron chi connectivity index (χ1n) is 10.8. The van der Waals surface area contributed by atoms with Crippen molar-refractivity contribution < 1.29 is 22.7 Å². The third-order valence-electron chi connectivity index (χ3n) is 5.05. The molecule has 2 aromatic rings. The second-order valence-electron chi connectivity index (χ2n) is 8.06. The van der Waals surface area contributed by atoms with Crippen molar-refractivity contribution >= 4 is 27.5 Å². The summed E-state index contributed by atoms with van der Waals surface area (Å²) < 4.78 is 31.3. The van der Waals surface area contributed by atoms with E-state index in [1.165, 1.54) is 12.0 Å². The number of carbonyl (C=O) groups excluding carboxylic acids is 2. The SMILES string of the molecule is CC[C@@H](C(=O)NC(C)C)N(Cc1ccccc1)C(=O)CN(c1ccc(OC)cc1)S(C)(=O)=O. The van der Waals surface area contributed by atoms with E-state index in [2.05, 4.69) is 5.32 Å². The molecular formula is C24H33N3O5S. The van der Waals surface area contributed by atoms with Crippen LogP contribution in [0, 0.1) is 0 Å². The average Bonchev–Trinajstić information content (AvgIpc) is 2.76. The molecule has 1 atom stereocenters. The Balaban J connectivity index is 2.40. The van der Waals surface area contributed by atoms with Crippen molar-refractivity contribution in [3.63, 3.8) is 0 Å². The molecule has 0 saturated carbocycles. The molecule has 8 nitrogen and oxygen atoms in total. The molecule has 0 fully saturated rings. The Kier molecular flexibility index (Phi) is 9.28. The van der Waals surface area contributed by atoms with Crippen LogP contribution < -0.4 is 14.4 Å². The molecule has 0 heterocycles. The van der Waals surface area contributed by atoms with Gasteiger partial charge in [0, 0.05) is 12.6 Å². The van der Waals surface area contributed by atoms with E-state index >= 15 is 0 Å². The fourth-order valence-electron chi connectivity index (χ4n) is 3.44. The van der Waals surface area contributed by atoms with Crippen molar-refractivity contribution in [2.24, 2.45) is 0 Å². The number of carbonyl (C=O) groups is 2. The highest BCUT2D eigenvalue weighted by Gasteiger charge is 2.31. The number of methoxy groups -OCH3 is 1. The van der Waals surface area contributed by atoms with Crippen molar-refractivity contribution in [1.82, 2.24) is 10.2 Å². The highest BCUT2D eigenvalue weighted by molar-refractivity contribution is 7.92. The Hall–Kier alpha value is -3.07. The Morgan fingerprint density at radius 2 is 1.64 bits per heavy atom. The molecule has 0 bridgehead atoms. The molecular weight excluding hydrogens is 442 g/mol. The van der Waals surface area contributed by atoms with Gasteiger partial charge in [0.1, 0.15) is 18.3 Å². The average molecular weight is 476 g/mol. The molecule has 0 aliphatic rings. The Morgan fingerprint density at radius 3 is 2.12 bits per heavy atom. The summed E-state index contributed by atoms with van der Waals surface area (Å²) in [5.41, 5.74) is 1.18. The second kappa shape index (κ2) is 11.7. The van der Waals surface area contributed by atoms with Crippen LogP contribution in [0.25, 0.3) is 0 Å². The van der Waals surface area contributed by atoms with Crippen LogP contribution in [0.4, 0.5) is 5.69 Å². The maximum atomic E-state index is 13.5. The van der Waals surface area contributed by atoms with Crippen LogP contribution in [0.1, 0.15) is 32.8 Å². The first-order valence-corrected chi connectivity index (χ1v) is 12.7. The number of hydrogen-bond acceptors (Lipinski definition) is 5. The summed E-state index contributed by atoms with van der Waals surface area (Å²) in [5.74, 6) is -0.168. The van der Waals surface area contributed by atoms with E-state index in [9.17, 15) is 18.0 Å². The molecule has 2 amide bonds. The second-order valence-corrected chi connectivity index (χ2v) is 9.97. The zero-order valence-electron chi connectivity index (χ0n) is 19.8. The third kappa shape index (κ3) is 7.49. The van der Waals surface area contributed by atoms with Gasteiger partial charge in [-0.05, 0) is 50.1 Å². The fraction of sp³-hybridized carbons (Fsp3) is 0.417. The van der Waals surface area contributed by atoms with Gasteiger partial charge in [-0.25, -0.2) is 8.42 Å². The zero-order chi connectivity index (χ0) is 24.6. The number of anilines is 1. The number of sulfonamides is 1. The number of nitrogens with one attached hydrogen (secondary N) is 1. The summed E-state index contributed by atoms with van der Waals surface area (Å²) in [6.07, 6.45) is 1.44. The smallest absolute Gasteiger partial charge is 0.244 e. The molecule has 2 rings (SSSR count). The van der Waals surface area contributed by atoms with Gasteiger partial charge in [-0.1, -0.05) is 37.3 Å². The van der Waals surface area contributed by atoms with Gasteiger partial charge < -0.3 is 15.0 Å². The molecule has 2 aromatic carbocycles. The van der Waals surface area contributed by atoms with E-state index in [0.717, 1.165) is 16.1 Å². The first kappa shape index (κ1) is 26.2. The van der Waals surface area contributed by atoms with Crippen LogP contribution in [0.5, 0.6) is 5.75 Å². The minimum absolute atomic E-state index is 0.0907. The maximum absolute atomic E-state index is 13.5. The molecule has 1 N–H and O–H groups in total. The summed E-state index contributed by atoms with van der Waals surface area (Å²) in [4.78, 5) is 27.9. The van der Waals surface area contributed by atoms with Crippen LogP contribution in [-0.2, 0) is 26.2 Å². The lowest BCUT2D eigenvalue weighted by Gasteiger charge is -2.33. The topological polar surface area (TPSA) is 96.0 Å². The number of nitrogens with zero attached hydrogens (tertiary/aromatic N) is 2. The lowest BCUT2D eigenvalue weighted by molar-refractivity contribution is -0.140. The van der Waals surface area contributed by atoms with Gasteiger partial charge in [-0.3, -0.25) is 13.9 Å². The summed E-state index contributed by atoms with van der Waals surface area (Å²) in [6, 6.07) is 14.9. The Morgan fingerprint density at radius 1 is 1.03 bits per heavy atom. The summed E-state index contributed by atoms with van der Waals surface area (Å²) in [7, 11) is -2.25. The van der Waals surface area contributed by atoms with Gasteiger partial charge in [-0.2, -0.15) is 0 Å². The molecule has 0 aliphatic heterocycles. The van der Waals surface area contributed by atoms with Crippen LogP contribution in [-0.4, -0.2) is 57.1 Å². The monoisotopic (exact) mass is 475 g/mol. The van der Waals surface area contributed by atoms with Gasteiger partial charge in [-0.15, -0.1) is 0 Å². The largest absolute Gasteiger partial charge is 0.497 e. The number of rotatable bonds is 11. The normalized spacial score (nSPS) is 12.2. The molecule has 0 spiro atoms. The number of benzene rings is 2. The third-order valence-corrected chi connectivity index (χ3v) is 6.19. The Bertz CT molecular complexity index is 1020. The lowest BCUT2D eigenvalue weighted by Crippen LogP contribution is -2.53. The van der Waals surface area contributed by atoms with E-state index in [1.807, 2.05) is 51.1 Å². The first-order chi connectivity index (χ1) is 15.6. The van der Waals surface area contributed by atoms with Crippen LogP contribution in [0.15, 0.2) is 54.6 Å². The van der Waals surface area contributed by atoms with E-state index in [1.54, 1.807) is 24.3 Å². The highest BCUT2D eigenvalue weighted by Crippen LogP contribution is 2.22. The van der Waals surface area contributed by atoms with Crippen molar-refractivity contribution in [2.45, 2.75) is 45.8 Å². The predicted octanol–water partition coefficient (Wildman–Crippen LogP) is 2.79. The zero-order valence-corrected chi connectivity index (χ0v) is 20.6. The number of hydrogen-bond donors (Lipinski definition) is 1. The summed E-state index contributed by atoms with van der Waals surface area (Å²) in [6.45, 7) is 5.28. The van der Waals surface area contributed by atoms with Gasteiger partial charge in [0.2, 0.25) is 21.8 Å². The maximum Gasteiger partial charge on any atom is 0.244 e. The van der Waals surface area contributed by atoms with Crippen molar-refractivity contribution in [1.29, 1.82) is 0 Å². The molecule has 0 radical (unpaired) electrons. The molecule has 0 saturated heterocycles. The van der Waals surface area contributed by atoms with Crippen LogP contribution >= 0.6 is 0 Å². The van der Waals surface area contributed by atoms with E-state index in [-0.39, 0.29) is 18.5 Å². The van der Waals surface area contributed by atoms with Crippen LogP contribution in [0.3, 0.4) is 0 Å². The molecule has 0 unspecified atom stereocenters. The molecule has 180 valence electrons. The minimum atomic E-state index is -3.77. The summed E-state index contributed by atoms with van der Waals surface area (Å²) in [5, 5.41) is 2.86. The molecule has 9 heteroatoms. The Labute approximate surface area is 196 Å². The molecule has 0 aliphatic carbocycles. The van der Waals surface area contributed by atoms with Gasteiger partial charge >= 0.3 is 0 Å².